The first-order valence-corrected chi connectivity index (χ1v) is 12.4. The minimum atomic E-state index is -0.200. The lowest BCUT2D eigenvalue weighted by atomic mass is 9.97. The molecule has 0 bridgehead atoms. The molecule has 3 aromatic heterocycles. The lowest BCUT2D eigenvalue weighted by molar-refractivity contribution is -0.136. The van der Waals surface area contributed by atoms with E-state index in [1.165, 1.54) is 22.2 Å². The first-order valence-electron chi connectivity index (χ1n) is 10.6. The number of thiophene rings is 2. The van der Waals surface area contributed by atoms with Crippen LogP contribution in [0, 0.1) is 5.92 Å². The molecule has 3 aromatic rings. The number of carbonyl (C=O) groups excluding carboxylic acids is 2. The largest absolute Gasteiger partial charge is 0.356 e. The molecule has 4 rings (SSSR count). The topological polar surface area (TPSA) is 84.3 Å². The molecule has 4 heterocycles. The standard InChI is InChI=1S/C22H26N4O3S2/c1-2-3-8-23-20(28)15-6-4-9-25(11-15)18(27)12-26-14-24-21-19(22(26)29)16(13-31-21)17-7-5-10-30-17/h5,7,10,13-15H,2-4,6,8-9,11-12H2,1H3,(H,23,28). The van der Waals surface area contributed by atoms with Crippen LogP contribution in [0.3, 0.4) is 0 Å². The molecule has 7 nitrogen and oxygen atoms in total. The van der Waals surface area contributed by atoms with Crippen molar-refractivity contribution in [2.24, 2.45) is 5.92 Å². The van der Waals surface area contributed by atoms with Crippen molar-refractivity contribution in [3.8, 4) is 10.4 Å². The van der Waals surface area contributed by atoms with Crippen molar-refractivity contribution < 1.29 is 9.59 Å². The molecule has 9 heteroatoms. The van der Waals surface area contributed by atoms with E-state index in [0.29, 0.717) is 29.9 Å². The summed E-state index contributed by atoms with van der Waals surface area (Å²) in [5.74, 6) is -0.318. The molecule has 0 aliphatic carbocycles. The number of nitrogens with one attached hydrogen (secondary N) is 1. The second-order valence-electron chi connectivity index (χ2n) is 7.81. The van der Waals surface area contributed by atoms with Gasteiger partial charge < -0.3 is 10.2 Å². The number of amides is 2. The van der Waals surface area contributed by atoms with E-state index in [1.807, 2.05) is 22.9 Å². The molecule has 0 radical (unpaired) electrons. The van der Waals surface area contributed by atoms with E-state index >= 15 is 0 Å². The number of carbonyl (C=O) groups is 2. The van der Waals surface area contributed by atoms with Gasteiger partial charge in [-0.25, -0.2) is 4.98 Å². The van der Waals surface area contributed by atoms with Gasteiger partial charge in [0.1, 0.15) is 11.4 Å². The Morgan fingerprint density at radius 2 is 2.19 bits per heavy atom. The quantitative estimate of drug-likeness (QED) is 0.551. The Morgan fingerprint density at radius 3 is 2.97 bits per heavy atom. The molecule has 2 amide bonds. The molecule has 1 fully saturated rings. The number of piperidine rings is 1. The highest BCUT2D eigenvalue weighted by Gasteiger charge is 2.28. The average Bonchev–Trinajstić information content (AvgIpc) is 3.46. The second kappa shape index (κ2) is 9.74. The van der Waals surface area contributed by atoms with Gasteiger partial charge in [-0.1, -0.05) is 19.4 Å². The summed E-state index contributed by atoms with van der Waals surface area (Å²) in [7, 11) is 0. The third-order valence-corrected chi connectivity index (χ3v) is 7.42. The Labute approximate surface area is 188 Å². The Bertz CT molecular complexity index is 1120. The van der Waals surface area contributed by atoms with E-state index in [-0.39, 0.29) is 29.8 Å². The predicted molar refractivity (Wildman–Crippen MR) is 124 cm³/mol. The average molecular weight is 459 g/mol. The first-order chi connectivity index (χ1) is 15.1. The van der Waals surface area contributed by atoms with Gasteiger partial charge >= 0.3 is 0 Å². The van der Waals surface area contributed by atoms with E-state index in [9.17, 15) is 14.4 Å². The molecule has 1 atom stereocenters. The summed E-state index contributed by atoms with van der Waals surface area (Å²) in [6.45, 7) is 3.71. The van der Waals surface area contributed by atoms with E-state index < -0.39 is 0 Å². The van der Waals surface area contributed by atoms with Crippen LogP contribution in [0.15, 0.2) is 34.0 Å². The van der Waals surface area contributed by atoms with E-state index in [2.05, 4.69) is 17.2 Å². The van der Waals surface area contributed by atoms with Crippen LogP contribution in [0.4, 0.5) is 0 Å². The fourth-order valence-electron chi connectivity index (χ4n) is 3.89. The van der Waals surface area contributed by atoms with Crippen molar-refractivity contribution in [2.45, 2.75) is 39.2 Å². The Balaban J connectivity index is 1.48. The minimum Gasteiger partial charge on any atom is -0.356 e. The fourth-order valence-corrected chi connectivity index (χ4v) is 5.61. The maximum Gasteiger partial charge on any atom is 0.263 e. The minimum absolute atomic E-state index is 0.0186. The summed E-state index contributed by atoms with van der Waals surface area (Å²) >= 11 is 3.01. The number of nitrogens with zero attached hydrogens (tertiary/aromatic N) is 3. The van der Waals surface area contributed by atoms with Gasteiger partial charge in [-0.3, -0.25) is 19.0 Å². The zero-order valence-electron chi connectivity index (χ0n) is 17.5. The third kappa shape index (κ3) is 4.72. The zero-order valence-corrected chi connectivity index (χ0v) is 19.1. The Kier molecular flexibility index (Phi) is 6.82. The van der Waals surface area contributed by atoms with E-state index in [1.54, 1.807) is 16.2 Å². The van der Waals surface area contributed by atoms with Crippen molar-refractivity contribution in [3.05, 3.63) is 39.6 Å². The highest BCUT2D eigenvalue weighted by Crippen LogP contribution is 2.33. The van der Waals surface area contributed by atoms with Crippen LogP contribution >= 0.6 is 22.7 Å². The third-order valence-electron chi connectivity index (χ3n) is 5.63. The molecule has 1 aliphatic rings. The SMILES string of the molecule is CCCCNC(=O)C1CCCN(C(=O)Cn2cnc3scc(-c4cccs4)c3c2=O)C1. The van der Waals surface area contributed by atoms with Crippen molar-refractivity contribution in [1.29, 1.82) is 0 Å². The lowest BCUT2D eigenvalue weighted by Crippen LogP contribution is -2.47. The molecular weight excluding hydrogens is 432 g/mol. The first kappa shape index (κ1) is 21.7. The predicted octanol–water partition coefficient (Wildman–Crippen LogP) is 3.34. The molecule has 0 saturated carbocycles. The van der Waals surface area contributed by atoms with Gasteiger partial charge in [0.2, 0.25) is 11.8 Å². The Morgan fingerprint density at radius 1 is 1.32 bits per heavy atom. The number of unbranched alkanes of at least 4 members (excludes halogenated alkanes) is 1. The van der Waals surface area contributed by atoms with Gasteiger partial charge in [-0.15, -0.1) is 22.7 Å². The van der Waals surface area contributed by atoms with Crippen LogP contribution in [-0.2, 0) is 16.1 Å². The van der Waals surface area contributed by atoms with Crippen LogP contribution in [0.25, 0.3) is 20.7 Å². The van der Waals surface area contributed by atoms with Gasteiger partial charge in [0.25, 0.3) is 5.56 Å². The van der Waals surface area contributed by atoms with E-state index in [4.69, 9.17) is 0 Å². The zero-order chi connectivity index (χ0) is 21.8. The van der Waals surface area contributed by atoms with Crippen LogP contribution < -0.4 is 10.9 Å². The monoisotopic (exact) mass is 458 g/mol. The highest BCUT2D eigenvalue weighted by molar-refractivity contribution is 7.18. The molecule has 31 heavy (non-hydrogen) atoms. The second-order valence-corrected chi connectivity index (χ2v) is 9.61. The van der Waals surface area contributed by atoms with Crippen LogP contribution in [0.1, 0.15) is 32.6 Å². The number of rotatable bonds is 7. The van der Waals surface area contributed by atoms with Crippen molar-refractivity contribution >= 4 is 44.7 Å². The Hall–Kier alpha value is -2.52. The van der Waals surface area contributed by atoms with Crippen molar-refractivity contribution in [1.82, 2.24) is 19.8 Å². The summed E-state index contributed by atoms with van der Waals surface area (Å²) in [4.78, 5) is 46.3. The summed E-state index contributed by atoms with van der Waals surface area (Å²) in [6, 6.07) is 3.93. The summed E-state index contributed by atoms with van der Waals surface area (Å²) in [6.07, 6.45) is 5.01. The normalized spacial score (nSPS) is 16.5. The molecule has 164 valence electrons. The van der Waals surface area contributed by atoms with E-state index in [0.717, 1.165) is 36.1 Å². The molecule has 1 N–H and O–H groups in total. The van der Waals surface area contributed by atoms with Crippen LogP contribution in [-0.4, -0.2) is 45.9 Å². The van der Waals surface area contributed by atoms with Gasteiger partial charge in [0.05, 0.1) is 17.6 Å². The molecular formula is C22H26N4O3S2. The number of hydrogen-bond donors (Lipinski definition) is 1. The van der Waals surface area contributed by atoms with Crippen LogP contribution in [0.5, 0.6) is 0 Å². The number of hydrogen-bond acceptors (Lipinski definition) is 6. The van der Waals surface area contributed by atoms with Gasteiger partial charge in [0.15, 0.2) is 0 Å². The molecule has 0 spiro atoms. The molecule has 0 aromatic carbocycles. The maximum absolute atomic E-state index is 13.1. The fraction of sp³-hybridized carbons (Fsp3) is 0.455. The van der Waals surface area contributed by atoms with Gasteiger partial charge in [0, 0.05) is 35.5 Å². The smallest absolute Gasteiger partial charge is 0.263 e. The molecule has 1 saturated heterocycles. The summed E-state index contributed by atoms with van der Waals surface area (Å²) in [5, 5.41) is 7.46. The summed E-state index contributed by atoms with van der Waals surface area (Å²) in [5.41, 5.74) is 0.671. The number of fused-ring (bicyclic) bond motifs is 1. The van der Waals surface area contributed by atoms with Crippen molar-refractivity contribution in [2.75, 3.05) is 19.6 Å². The highest BCUT2D eigenvalue weighted by atomic mass is 32.1. The maximum atomic E-state index is 13.1. The summed E-state index contributed by atoms with van der Waals surface area (Å²) < 4.78 is 1.39. The van der Waals surface area contributed by atoms with Crippen molar-refractivity contribution in [3.63, 3.8) is 0 Å². The van der Waals surface area contributed by atoms with Crippen LogP contribution in [0.2, 0.25) is 0 Å². The van der Waals surface area contributed by atoms with Gasteiger partial charge in [-0.2, -0.15) is 0 Å². The van der Waals surface area contributed by atoms with Gasteiger partial charge in [-0.05, 0) is 30.7 Å². The molecule has 1 aliphatic heterocycles. The lowest BCUT2D eigenvalue weighted by Gasteiger charge is -2.32. The number of aromatic nitrogens is 2. The number of likely N-dealkylation sites (tertiary alicyclic amines) is 1. The molecule has 1 unspecified atom stereocenters.